The molecule has 0 bridgehead atoms. The van der Waals surface area contributed by atoms with E-state index in [4.69, 9.17) is 25.5 Å². The molecule has 8 nitrogen and oxygen atoms in total. The average Bonchev–Trinajstić information content (AvgIpc) is 2.86. The minimum absolute atomic E-state index is 0.0108. The number of methoxy groups -OCH3 is 1. The summed E-state index contributed by atoms with van der Waals surface area (Å²) in [6.07, 6.45) is 0. The molecule has 0 unspecified atom stereocenters. The normalized spacial score (nSPS) is 11.3. The smallest absolute Gasteiger partial charge is 0.338 e. The Labute approximate surface area is 206 Å². The van der Waals surface area contributed by atoms with Crippen LogP contribution in [0.3, 0.4) is 0 Å². The van der Waals surface area contributed by atoms with Gasteiger partial charge in [0.1, 0.15) is 22.8 Å². The van der Waals surface area contributed by atoms with Crippen LogP contribution in [0.5, 0.6) is 5.75 Å². The van der Waals surface area contributed by atoms with Crippen LogP contribution in [0.2, 0.25) is 5.02 Å². The molecule has 1 aromatic heterocycles. The molecule has 180 valence electrons. The first-order chi connectivity index (χ1) is 16.7. The largest absolute Gasteiger partial charge is 0.497 e. The van der Waals surface area contributed by atoms with Gasteiger partial charge in [0.15, 0.2) is 0 Å². The Morgan fingerprint density at radius 1 is 1.03 bits per heavy atom. The number of rotatable bonds is 7. The van der Waals surface area contributed by atoms with E-state index < -0.39 is 21.6 Å². The summed E-state index contributed by atoms with van der Waals surface area (Å²) in [5.74, 6) is -0.277. The summed E-state index contributed by atoms with van der Waals surface area (Å²) >= 11 is 6.18. The Balaban J connectivity index is 1.60. The highest BCUT2D eigenvalue weighted by molar-refractivity contribution is 7.93. The average molecular weight is 514 g/mol. The number of esters is 1. The number of hydrogen-bond acceptors (Lipinski definition) is 7. The fourth-order valence-corrected chi connectivity index (χ4v) is 5.13. The van der Waals surface area contributed by atoms with Crippen molar-refractivity contribution in [2.24, 2.45) is 0 Å². The van der Waals surface area contributed by atoms with Crippen LogP contribution in [-0.2, 0) is 21.4 Å². The van der Waals surface area contributed by atoms with Crippen molar-refractivity contribution in [2.45, 2.75) is 11.5 Å². The van der Waals surface area contributed by atoms with Gasteiger partial charge in [0, 0.05) is 30.1 Å². The maximum atomic E-state index is 13.2. The molecule has 4 aromatic rings. The van der Waals surface area contributed by atoms with Crippen LogP contribution >= 0.6 is 11.6 Å². The number of sulfonamides is 1. The maximum Gasteiger partial charge on any atom is 0.338 e. The highest BCUT2D eigenvalue weighted by Gasteiger charge is 2.26. The fraction of sp³-hybridized carbons (Fsp3) is 0.120. The number of ether oxygens (including phenoxy) is 2. The molecule has 0 N–H and O–H groups in total. The maximum absolute atomic E-state index is 13.2. The van der Waals surface area contributed by atoms with Crippen molar-refractivity contribution in [3.8, 4) is 5.75 Å². The van der Waals surface area contributed by atoms with Gasteiger partial charge >= 0.3 is 11.6 Å². The number of halogens is 1. The van der Waals surface area contributed by atoms with E-state index in [0.29, 0.717) is 22.4 Å². The molecule has 0 spiro atoms. The second-order valence-electron chi connectivity index (χ2n) is 7.48. The number of nitrogens with zero attached hydrogens (tertiary/aromatic N) is 1. The summed E-state index contributed by atoms with van der Waals surface area (Å²) < 4.78 is 43.2. The molecule has 0 fully saturated rings. The first-order valence-corrected chi connectivity index (χ1v) is 12.1. The number of fused-ring (bicyclic) bond motifs is 1. The summed E-state index contributed by atoms with van der Waals surface area (Å²) in [6, 6.07) is 18.5. The third-order valence-corrected chi connectivity index (χ3v) is 7.59. The van der Waals surface area contributed by atoms with Gasteiger partial charge in [0.05, 0.1) is 23.4 Å². The third kappa shape index (κ3) is 5.01. The number of anilines is 1. The Kier molecular flexibility index (Phi) is 6.81. The quantitative estimate of drug-likeness (QED) is 0.262. The van der Waals surface area contributed by atoms with Crippen LogP contribution in [0.4, 0.5) is 5.69 Å². The highest BCUT2D eigenvalue weighted by atomic mass is 35.5. The summed E-state index contributed by atoms with van der Waals surface area (Å²) in [5, 5.41) is 0.534. The lowest BCUT2D eigenvalue weighted by molar-refractivity contribution is 0.0473. The van der Waals surface area contributed by atoms with Crippen molar-refractivity contribution >= 4 is 44.3 Å². The van der Waals surface area contributed by atoms with Gasteiger partial charge in [-0.15, -0.1) is 0 Å². The third-order valence-electron chi connectivity index (χ3n) is 5.32. The minimum Gasteiger partial charge on any atom is -0.497 e. The van der Waals surface area contributed by atoms with Crippen molar-refractivity contribution in [1.82, 2.24) is 0 Å². The molecule has 0 aliphatic rings. The lowest BCUT2D eigenvalue weighted by atomic mass is 10.1. The Hall–Kier alpha value is -3.82. The van der Waals surface area contributed by atoms with Crippen molar-refractivity contribution in [3.05, 3.63) is 99.4 Å². The van der Waals surface area contributed by atoms with Crippen molar-refractivity contribution < 1.29 is 27.1 Å². The molecule has 0 amide bonds. The first-order valence-electron chi connectivity index (χ1n) is 10.3. The monoisotopic (exact) mass is 513 g/mol. The number of carbonyl (C=O) groups is 1. The molecule has 0 radical (unpaired) electrons. The van der Waals surface area contributed by atoms with Crippen molar-refractivity contribution in [2.75, 3.05) is 18.5 Å². The second-order valence-corrected chi connectivity index (χ2v) is 9.83. The predicted octanol–water partition coefficient (Wildman–Crippen LogP) is 4.64. The Morgan fingerprint density at radius 2 is 1.77 bits per heavy atom. The van der Waals surface area contributed by atoms with Crippen LogP contribution in [0.1, 0.15) is 15.9 Å². The minimum atomic E-state index is -4.06. The molecule has 0 atom stereocenters. The summed E-state index contributed by atoms with van der Waals surface area (Å²) in [5.41, 5.74) is 0.525. The van der Waals surface area contributed by atoms with E-state index >= 15 is 0 Å². The predicted molar refractivity (Wildman–Crippen MR) is 132 cm³/mol. The fourth-order valence-electron chi connectivity index (χ4n) is 3.44. The molecule has 10 heteroatoms. The van der Waals surface area contributed by atoms with Crippen LogP contribution in [0, 0.1) is 0 Å². The van der Waals surface area contributed by atoms with E-state index in [-0.39, 0.29) is 27.7 Å². The van der Waals surface area contributed by atoms with Crippen LogP contribution < -0.4 is 14.7 Å². The van der Waals surface area contributed by atoms with E-state index in [9.17, 15) is 18.0 Å². The van der Waals surface area contributed by atoms with Crippen molar-refractivity contribution in [3.63, 3.8) is 0 Å². The SMILES string of the molecule is COc1ccc2c(COC(=O)c3ccc(Cl)c(S(=O)(=O)N(C)c4ccccc4)c3)cc(=O)oc2c1. The number of para-hydroxylation sites is 1. The van der Waals surface area contributed by atoms with Gasteiger partial charge in [0.2, 0.25) is 0 Å². The zero-order chi connectivity index (χ0) is 25.2. The van der Waals surface area contributed by atoms with E-state index in [1.165, 1.54) is 38.4 Å². The van der Waals surface area contributed by atoms with Crippen LogP contribution in [0.25, 0.3) is 11.0 Å². The van der Waals surface area contributed by atoms with Gasteiger partial charge in [-0.1, -0.05) is 29.8 Å². The van der Waals surface area contributed by atoms with Crippen LogP contribution in [0.15, 0.2) is 86.9 Å². The summed E-state index contributed by atoms with van der Waals surface area (Å²) in [4.78, 5) is 24.5. The number of benzene rings is 3. The lowest BCUT2D eigenvalue weighted by Crippen LogP contribution is -2.27. The molecule has 0 aliphatic carbocycles. The van der Waals surface area contributed by atoms with E-state index in [2.05, 4.69) is 0 Å². The Morgan fingerprint density at radius 3 is 2.49 bits per heavy atom. The van der Waals surface area contributed by atoms with Gasteiger partial charge in [-0.05, 0) is 42.5 Å². The standard InChI is InChI=1S/C25H20ClNO7S/c1-27(18-6-4-3-5-7-18)35(30,31)23-12-16(8-11-21(23)26)25(29)33-15-17-13-24(28)34-22-14-19(32-2)9-10-20(17)22/h3-14H,15H2,1-2H3. The van der Waals surface area contributed by atoms with Gasteiger partial charge in [-0.3, -0.25) is 4.31 Å². The van der Waals surface area contributed by atoms with Crippen LogP contribution in [-0.4, -0.2) is 28.5 Å². The van der Waals surface area contributed by atoms with Crippen molar-refractivity contribution in [1.29, 1.82) is 0 Å². The molecule has 4 rings (SSSR count). The molecule has 3 aromatic carbocycles. The van der Waals surface area contributed by atoms with E-state index in [0.717, 1.165) is 4.31 Å². The molecule has 0 aliphatic heterocycles. The number of hydrogen-bond donors (Lipinski definition) is 0. The Bertz CT molecular complexity index is 1570. The topological polar surface area (TPSA) is 103 Å². The van der Waals surface area contributed by atoms with Gasteiger partial charge in [0.25, 0.3) is 10.0 Å². The molecular formula is C25H20ClNO7S. The lowest BCUT2D eigenvalue weighted by Gasteiger charge is -2.20. The summed E-state index contributed by atoms with van der Waals surface area (Å²) in [6.45, 7) is -0.234. The zero-order valence-corrected chi connectivity index (χ0v) is 20.3. The van der Waals surface area contributed by atoms with Gasteiger partial charge in [-0.2, -0.15) is 0 Å². The van der Waals surface area contributed by atoms with Gasteiger partial charge < -0.3 is 13.9 Å². The molecular weight excluding hydrogens is 494 g/mol. The molecule has 0 saturated carbocycles. The summed E-state index contributed by atoms with van der Waals surface area (Å²) in [7, 11) is -1.17. The zero-order valence-electron chi connectivity index (χ0n) is 18.7. The number of carbonyl (C=O) groups excluding carboxylic acids is 1. The molecule has 35 heavy (non-hydrogen) atoms. The second kappa shape index (κ2) is 9.81. The molecule has 0 saturated heterocycles. The first kappa shape index (κ1) is 24.3. The van der Waals surface area contributed by atoms with Gasteiger partial charge in [-0.25, -0.2) is 18.0 Å². The highest BCUT2D eigenvalue weighted by Crippen LogP contribution is 2.29. The van der Waals surface area contributed by atoms with E-state index in [1.807, 2.05) is 0 Å². The molecule has 1 heterocycles. The van der Waals surface area contributed by atoms with E-state index in [1.54, 1.807) is 48.5 Å².